The third-order valence-corrected chi connectivity index (χ3v) is 2.35. The van der Waals surface area contributed by atoms with Gasteiger partial charge in [-0.05, 0) is 36.5 Å². The van der Waals surface area contributed by atoms with Gasteiger partial charge in [-0.1, -0.05) is 6.07 Å². The molecule has 1 fully saturated rings. The molecule has 64 valence electrons. The monoisotopic (exact) mass is 171 g/mol. The van der Waals surface area contributed by atoms with Gasteiger partial charge in [0.05, 0.1) is 11.6 Å². The van der Waals surface area contributed by atoms with E-state index in [9.17, 15) is 4.79 Å². The number of rotatable bonds is 2. The van der Waals surface area contributed by atoms with Crippen LogP contribution < -0.4 is 0 Å². The minimum absolute atomic E-state index is 0.523. The summed E-state index contributed by atoms with van der Waals surface area (Å²) in [5.74, 6) is 0.523. The number of benzene rings is 1. The first kappa shape index (κ1) is 8.00. The van der Waals surface area contributed by atoms with Gasteiger partial charge < -0.3 is 0 Å². The van der Waals surface area contributed by atoms with E-state index >= 15 is 0 Å². The smallest absolute Gasteiger partial charge is 0.150 e. The van der Waals surface area contributed by atoms with Crippen molar-refractivity contribution in [2.24, 2.45) is 0 Å². The number of nitriles is 1. The molecule has 0 saturated heterocycles. The lowest BCUT2D eigenvalue weighted by molar-refractivity contribution is 0.112. The van der Waals surface area contributed by atoms with Crippen LogP contribution in [-0.4, -0.2) is 6.29 Å². The topological polar surface area (TPSA) is 40.9 Å². The van der Waals surface area contributed by atoms with Gasteiger partial charge in [0.2, 0.25) is 0 Å². The molecular formula is C11H9NO. The van der Waals surface area contributed by atoms with Crippen LogP contribution in [-0.2, 0) is 0 Å². The molecule has 0 radical (unpaired) electrons. The molecule has 2 nitrogen and oxygen atoms in total. The summed E-state index contributed by atoms with van der Waals surface area (Å²) >= 11 is 0. The molecule has 1 aliphatic rings. The fourth-order valence-electron chi connectivity index (χ4n) is 1.49. The largest absolute Gasteiger partial charge is 0.298 e. The molecule has 0 aromatic heterocycles. The molecule has 0 N–H and O–H groups in total. The Bertz CT molecular complexity index is 386. The van der Waals surface area contributed by atoms with Crippen LogP contribution in [0.2, 0.25) is 0 Å². The van der Waals surface area contributed by atoms with E-state index in [-0.39, 0.29) is 0 Å². The number of hydrogen-bond donors (Lipinski definition) is 0. The Hall–Kier alpha value is -1.62. The number of carbonyl (C=O) groups excluding carboxylic acids is 1. The number of aldehydes is 1. The first-order chi connectivity index (χ1) is 6.35. The van der Waals surface area contributed by atoms with Crippen LogP contribution in [0.1, 0.15) is 40.2 Å². The molecule has 0 atom stereocenters. The highest BCUT2D eigenvalue weighted by atomic mass is 16.1. The minimum atomic E-state index is 0.523. The highest BCUT2D eigenvalue weighted by Crippen LogP contribution is 2.41. The standard InChI is InChI=1S/C11H9NO/c12-6-10-2-1-8(7-13)5-11(10)9-3-4-9/h1-2,5,7,9H,3-4H2. The number of nitrogens with zero attached hydrogens (tertiary/aromatic N) is 1. The van der Waals surface area contributed by atoms with Gasteiger partial charge in [0.25, 0.3) is 0 Å². The molecule has 1 saturated carbocycles. The van der Waals surface area contributed by atoms with Gasteiger partial charge in [-0.25, -0.2) is 0 Å². The van der Waals surface area contributed by atoms with Crippen molar-refractivity contribution in [3.63, 3.8) is 0 Å². The van der Waals surface area contributed by atoms with Crippen LogP contribution >= 0.6 is 0 Å². The first-order valence-electron chi connectivity index (χ1n) is 4.34. The fraction of sp³-hybridized carbons (Fsp3) is 0.273. The molecule has 0 unspecified atom stereocenters. The Labute approximate surface area is 76.8 Å². The Kier molecular flexibility index (Phi) is 1.86. The summed E-state index contributed by atoms with van der Waals surface area (Å²) in [6.45, 7) is 0. The minimum Gasteiger partial charge on any atom is -0.298 e. The SMILES string of the molecule is N#Cc1ccc(C=O)cc1C1CC1. The van der Waals surface area contributed by atoms with E-state index in [0.29, 0.717) is 17.0 Å². The molecule has 13 heavy (non-hydrogen) atoms. The molecule has 0 amide bonds. The maximum atomic E-state index is 10.5. The molecule has 1 aromatic rings. The van der Waals surface area contributed by atoms with Crippen molar-refractivity contribution < 1.29 is 4.79 Å². The van der Waals surface area contributed by atoms with Crippen LogP contribution in [0.5, 0.6) is 0 Å². The van der Waals surface area contributed by atoms with Gasteiger partial charge in [-0.2, -0.15) is 5.26 Å². The van der Waals surface area contributed by atoms with Crippen molar-refractivity contribution in [3.8, 4) is 6.07 Å². The van der Waals surface area contributed by atoms with Crippen molar-refractivity contribution in [1.29, 1.82) is 5.26 Å². The average molecular weight is 171 g/mol. The van der Waals surface area contributed by atoms with Gasteiger partial charge in [0, 0.05) is 5.56 Å². The Morgan fingerprint density at radius 2 is 2.23 bits per heavy atom. The molecule has 2 heteroatoms. The second-order valence-corrected chi connectivity index (χ2v) is 3.35. The second kappa shape index (κ2) is 3.02. The molecule has 1 aromatic carbocycles. The third kappa shape index (κ3) is 1.46. The van der Waals surface area contributed by atoms with Crippen LogP contribution in [0.4, 0.5) is 0 Å². The third-order valence-electron chi connectivity index (χ3n) is 2.35. The van der Waals surface area contributed by atoms with E-state index in [2.05, 4.69) is 6.07 Å². The molecule has 0 heterocycles. The summed E-state index contributed by atoms with van der Waals surface area (Å²) < 4.78 is 0. The van der Waals surface area contributed by atoms with Gasteiger partial charge in [-0.3, -0.25) is 4.79 Å². The van der Waals surface area contributed by atoms with Gasteiger partial charge in [0.1, 0.15) is 6.29 Å². The van der Waals surface area contributed by atoms with Crippen molar-refractivity contribution in [3.05, 3.63) is 34.9 Å². The van der Waals surface area contributed by atoms with E-state index < -0.39 is 0 Å². The Balaban J connectivity index is 2.48. The second-order valence-electron chi connectivity index (χ2n) is 3.35. The van der Waals surface area contributed by atoms with E-state index in [4.69, 9.17) is 5.26 Å². The first-order valence-corrected chi connectivity index (χ1v) is 4.34. The quantitative estimate of drug-likeness (QED) is 0.640. The van der Waals surface area contributed by atoms with E-state index in [1.807, 2.05) is 6.07 Å². The van der Waals surface area contributed by atoms with Gasteiger partial charge >= 0.3 is 0 Å². The Morgan fingerprint density at radius 3 is 2.77 bits per heavy atom. The van der Waals surface area contributed by atoms with Gasteiger partial charge in [-0.15, -0.1) is 0 Å². The normalized spacial score (nSPS) is 15.0. The zero-order valence-electron chi connectivity index (χ0n) is 7.16. The summed E-state index contributed by atoms with van der Waals surface area (Å²) in [4.78, 5) is 10.5. The fourth-order valence-corrected chi connectivity index (χ4v) is 1.49. The predicted molar refractivity (Wildman–Crippen MR) is 48.5 cm³/mol. The predicted octanol–water partition coefficient (Wildman–Crippen LogP) is 2.25. The zero-order valence-corrected chi connectivity index (χ0v) is 7.16. The lowest BCUT2D eigenvalue weighted by Gasteiger charge is -2.01. The lowest BCUT2D eigenvalue weighted by Crippen LogP contribution is -1.89. The van der Waals surface area contributed by atoms with Crippen molar-refractivity contribution in [2.45, 2.75) is 18.8 Å². The molecular weight excluding hydrogens is 162 g/mol. The molecule has 0 bridgehead atoms. The highest BCUT2D eigenvalue weighted by molar-refractivity contribution is 5.75. The molecule has 1 aliphatic carbocycles. The van der Waals surface area contributed by atoms with Crippen molar-refractivity contribution in [2.75, 3.05) is 0 Å². The van der Waals surface area contributed by atoms with E-state index in [1.165, 1.54) is 0 Å². The summed E-state index contributed by atoms with van der Waals surface area (Å²) in [5, 5.41) is 8.82. The van der Waals surface area contributed by atoms with E-state index in [1.54, 1.807) is 12.1 Å². The molecule has 0 spiro atoms. The van der Waals surface area contributed by atoms with E-state index in [0.717, 1.165) is 24.7 Å². The highest BCUT2D eigenvalue weighted by Gasteiger charge is 2.26. The average Bonchev–Trinajstić information content (AvgIpc) is 3.00. The van der Waals surface area contributed by atoms with Crippen LogP contribution in [0.25, 0.3) is 0 Å². The summed E-state index contributed by atoms with van der Waals surface area (Å²) in [6, 6.07) is 7.41. The maximum Gasteiger partial charge on any atom is 0.150 e. The van der Waals surface area contributed by atoms with Gasteiger partial charge in [0.15, 0.2) is 0 Å². The maximum absolute atomic E-state index is 10.5. The summed E-state index contributed by atoms with van der Waals surface area (Å²) in [7, 11) is 0. The van der Waals surface area contributed by atoms with Crippen LogP contribution in [0.3, 0.4) is 0 Å². The molecule has 0 aliphatic heterocycles. The van der Waals surface area contributed by atoms with Crippen molar-refractivity contribution in [1.82, 2.24) is 0 Å². The van der Waals surface area contributed by atoms with Crippen molar-refractivity contribution >= 4 is 6.29 Å². The number of carbonyl (C=O) groups is 1. The van der Waals surface area contributed by atoms with Crippen LogP contribution in [0, 0.1) is 11.3 Å². The molecule has 2 rings (SSSR count). The summed E-state index contributed by atoms with van der Waals surface area (Å²) in [5.41, 5.74) is 2.43. The zero-order chi connectivity index (χ0) is 9.26. The Morgan fingerprint density at radius 1 is 1.46 bits per heavy atom. The number of hydrogen-bond acceptors (Lipinski definition) is 2. The van der Waals surface area contributed by atoms with Crippen LogP contribution in [0.15, 0.2) is 18.2 Å². The lowest BCUT2D eigenvalue weighted by atomic mass is 10.0. The summed E-state index contributed by atoms with van der Waals surface area (Å²) in [6.07, 6.45) is 3.13.